The Morgan fingerprint density at radius 1 is 1.54 bits per heavy atom. The van der Waals surface area contributed by atoms with Gasteiger partial charge < -0.3 is 5.11 Å². The zero-order chi connectivity index (χ0) is 9.42. The molecule has 2 unspecified atom stereocenters. The number of rotatable bonds is 2. The van der Waals surface area contributed by atoms with Gasteiger partial charge in [-0.3, -0.25) is 9.69 Å². The minimum atomic E-state index is -0.630. The zero-order valence-corrected chi connectivity index (χ0v) is 8.59. The number of carboxylic acids is 1. The van der Waals surface area contributed by atoms with Crippen LogP contribution in [0.5, 0.6) is 0 Å². The summed E-state index contributed by atoms with van der Waals surface area (Å²) in [6.45, 7) is 3.78. The van der Waals surface area contributed by atoms with Crippen molar-refractivity contribution in [3.05, 3.63) is 0 Å². The van der Waals surface area contributed by atoms with Gasteiger partial charge in [-0.25, -0.2) is 0 Å². The van der Waals surface area contributed by atoms with Crippen LogP contribution in [0.15, 0.2) is 0 Å². The molecule has 2 heterocycles. The van der Waals surface area contributed by atoms with Crippen LogP contribution in [-0.2, 0) is 4.79 Å². The number of hydrogen-bond donors (Lipinski definition) is 1. The largest absolute Gasteiger partial charge is 0.481 e. The molecule has 2 aliphatic heterocycles. The highest BCUT2D eigenvalue weighted by atomic mass is 32.2. The number of nitrogens with zero attached hydrogens (tertiary/aromatic N) is 1. The highest BCUT2D eigenvalue weighted by Crippen LogP contribution is 2.33. The van der Waals surface area contributed by atoms with Crippen molar-refractivity contribution in [2.75, 3.05) is 18.8 Å². The summed E-state index contributed by atoms with van der Waals surface area (Å²) in [4.78, 5) is 12.9. The third-order valence-electron chi connectivity index (χ3n) is 3.06. The van der Waals surface area contributed by atoms with Crippen molar-refractivity contribution in [3.8, 4) is 0 Å². The van der Waals surface area contributed by atoms with E-state index in [4.69, 9.17) is 5.11 Å². The quantitative estimate of drug-likeness (QED) is 0.720. The van der Waals surface area contributed by atoms with Gasteiger partial charge in [-0.1, -0.05) is 6.92 Å². The summed E-state index contributed by atoms with van der Waals surface area (Å²) < 4.78 is 0. The summed E-state index contributed by atoms with van der Waals surface area (Å²) in [6, 6.07) is 0.639. The van der Waals surface area contributed by atoms with E-state index in [1.165, 1.54) is 12.2 Å². The molecule has 0 bridgehead atoms. The molecule has 2 rings (SSSR count). The van der Waals surface area contributed by atoms with Gasteiger partial charge >= 0.3 is 5.97 Å². The molecule has 4 heteroatoms. The van der Waals surface area contributed by atoms with E-state index >= 15 is 0 Å². The van der Waals surface area contributed by atoms with E-state index in [0.717, 1.165) is 13.1 Å². The highest BCUT2D eigenvalue weighted by molar-refractivity contribution is 8.00. The first-order chi connectivity index (χ1) is 6.18. The van der Waals surface area contributed by atoms with Crippen LogP contribution < -0.4 is 0 Å². The second-order valence-corrected chi connectivity index (χ2v) is 5.41. The molecule has 0 saturated carbocycles. The molecule has 3 nitrogen and oxygen atoms in total. The molecule has 0 aromatic carbocycles. The predicted octanol–water partition coefficient (Wildman–Crippen LogP) is 0.897. The monoisotopic (exact) mass is 201 g/mol. The summed E-state index contributed by atoms with van der Waals surface area (Å²) in [5.41, 5.74) is 0. The average Bonchev–Trinajstić information content (AvgIpc) is 2.32. The Bertz CT molecular complexity index is 216. The Labute approximate surface area is 82.5 Å². The topological polar surface area (TPSA) is 40.5 Å². The molecule has 1 N–H and O–H groups in total. The van der Waals surface area contributed by atoms with Crippen LogP contribution in [-0.4, -0.2) is 46.1 Å². The summed E-state index contributed by atoms with van der Waals surface area (Å²) in [5, 5.41) is 9.42. The fourth-order valence-corrected chi connectivity index (χ4v) is 3.42. The van der Waals surface area contributed by atoms with Crippen LogP contribution in [0.3, 0.4) is 0 Å². The summed E-state index contributed by atoms with van der Waals surface area (Å²) >= 11 is 2.00. The molecule has 2 fully saturated rings. The molecule has 2 saturated heterocycles. The van der Waals surface area contributed by atoms with Gasteiger partial charge in [-0.2, -0.15) is 11.8 Å². The lowest BCUT2D eigenvalue weighted by molar-refractivity contribution is -0.148. The lowest BCUT2D eigenvalue weighted by Crippen LogP contribution is -2.56. The first kappa shape index (κ1) is 9.34. The van der Waals surface area contributed by atoms with Crippen LogP contribution in [0.2, 0.25) is 0 Å². The lowest BCUT2D eigenvalue weighted by Gasteiger charge is -2.42. The van der Waals surface area contributed by atoms with Gasteiger partial charge in [-0.05, 0) is 12.2 Å². The van der Waals surface area contributed by atoms with Crippen LogP contribution in [0.1, 0.15) is 13.3 Å². The summed E-state index contributed by atoms with van der Waals surface area (Å²) in [6.07, 6.45) is 1.23. The molecule has 0 radical (unpaired) electrons. The number of carbonyl (C=O) groups is 1. The third-order valence-corrected chi connectivity index (χ3v) is 4.38. The van der Waals surface area contributed by atoms with Crippen molar-refractivity contribution in [1.82, 2.24) is 4.90 Å². The molecule has 2 atom stereocenters. The van der Waals surface area contributed by atoms with Crippen molar-refractivity contribution in [3.63, 3.8) is 0 Å². The second-order valence-electron chi connectivity index (χ2n) is 3.92. The second kappa shape index (κ2) is 3.50. The van der Waals surface area contributed by atoms with E-state index < -0.39 is 5.97 Å². The van der Waals surface area contributed by atoms with Crippen LogP contribution in [0.25, 0.3) is 0 Å². The maximum Gasteiger partial charge on any atom is 0.309 e. The Kier molecular flexibility index (Phi) is 2.51. The van der Waals surface area contributed by atoms with Crippen molar-refractivity contribution in [2.24, 2.45) is 5.92 Å². The Balaban J connectivity index is 1.82. The number of aliphatic carboxylic acids is 1. The van der Waals surface area contributed by atoms with E-state index in [1.807, 2.05) is 11.8 Å². The van der Waals surface area contributed by atoms with E-state index in [-0.39, 0.29) is 5.92 Å². The standard InChI is InChI=1S/C9H15NO2S/c1-6-8(2-3-13-6)10-4-7(5-10)9(11)12/h6-8H,2-5H2,1H3,(H,11,12). The molecular weight excluding hydrogens is 186 g/mol. The molecule has 0 spiro atoms. The molecule has 2 aliphatic rings. The van der Waals surface area contributed by atoms with Gasteiger partial charge in [0.15, 0.2) is 0 Å². The van der Waals surface area contributed by atoms with E-state index in [9.17, 15) is 4.79 Å². The van der Waals surface area contributed by atoms with Gasteiger partial charge in [0.1, 0.15) is 0 Å². The molecule has 74 valence electrons. The van der Waals surface area contributed by atoms with E-state index in [2.05, 4.69) is 11.8 Å². The molecule has 0 amide bonds. The SMILES string of the molecule is CC1SCCC1N1CC(C(=O)O)C1. The van der Waals surface area contributed by atoms with E-state index in [0.29, 0.717) is 11.3 Å². The minimum absolute atomic E-state index is 0.0993. The van der Waals surface area contributed by atoms with Gasteiger partial charge in [0.05, 0.1) is 5.92 Å². The van der Waals surface area contributed by atoms with Crippen molar-refractivity contribution >= 4 is 17.7 Å². The fourth-order valence-electron chi connectivity index (χ4n) is 2.14. The maximum absolute atomic E-state index is 10.6. The van der Waals surface area contributed by atoms with E-state index in [1.54, 1.807) is 0 Å². The van der Waals surface area contributed by atoms with Gasteiger partial charge in [0.25, 0.3) is 0 Å². The molecule has 0 aromatic heterocycles. The molecule has 0 aromatic rings. The average molecular weight is 201 g/mol. The highest BCUT2D eigenvalue weighted by Gasteiger charge is 2.40. The third kappa shape index (κ3) is 1.70. The number of likely N-dealkylation sites (tertiary alicyclic amines) is 1. The van der Waals surface area contributed by atoms with Gasteiger partial charge in [0.2, 0.25) is 0 Å². The lowest BCUT2D eigenvalue weighted by atomic mass is 9.96. The maximum atomic E-state index is 10.6. The molecular formula is C9H15NO2S. The first-order valence-corrected chi connectivity index (χ1v) is 5.82. The smallest absolute Gasteiger partial charge is 0.309 e. The fraction of sp³-hybridized carbons (Fsp3) is 0.889. The zero-order valence-electron chi connectivity index (χ0n) is 7.77. The van der Waals surface area contributed by atoms with Crippen LogP contribution in [0.4, 0.5) is 0 Å². The van der Waals surface area contributed by atoms with Gasteiger partial charge in [0, 0.05) is 24.4 Å². The first-order valence-electron chi connectivity index (χ1n) is 4.77. The van der Waals surface area contributed by atoms with Crippen molar-refractivity contribution < 1.29 is 9.90 Å². The van der Waals surface area contributed by atoms with Gasteiger partial charge in [-0.15, -0.1) is 0 Å². The minimum Gasteiger partial charge on any atom is -0.481 e. The van der Waals surface area contributed by atoms with Crippen molar-refractivity contribution in [2.45, 2.75) is 24.6 Å². The summed E-state index contributed by atoms with van der Waals surface area (Å²) in [7, 11) is 0. The number of hydrogen-bond acceptors (Lipinski definition) is 3. The Morgan fingerprint density at radius 3 is 2.69 bits per heavy atom. The number of thioether (sulfide) groups is 1. The van der Waals surface area contributed by atoms with Crippen LogP contribution >= 0.6 is 11.8 Å². The Morgan fingerprint density at radius 2 is 2.23 bits per heavy atom. The van der Waals surface area contributed by atoms with Crippen LogP contribution in [0, 0.1) is 5.92 Å². The molecule has 0 aliphatic carbocycles. The normalized spacial score (nSPS) is 36.1. The Hall–Kier alpha value is -0.220. The number of carboxylic acid groups (broad SMARTS) is 1. The predicted molar refractivity (Wildman–Crippen MR) is 53.0 cm³/mol. The summed E-state index contributed by atoms with van der Waals surface area (Å²) in [5.74, 6) is 0.507. The molecule has 13 heavy (non-hydrogen) atoms. The van der Waals surface area contributed by atoms with Crippen molar-refractivity contribution in [1.29, 1.82) is 0 Å².